The number of rotatable bonds is 61. The van der Waals surface area contributed by atoms with Crippen molar-refractivity contribution in [3.63, 3.8) is 0 Å². The Morgan fingerprint density at radius 1 is 0.181 bits per heavy atom. The van der Waals surface area contributed by atoms with Gasteiger partial charge in [0.25, 0.3) is 0 Å². The molecule has 0 fully saturated rings. The van der Waals surface area contributed by atoms with E-state index in [9.17, 15) is 33.6 Å². The van der Waals surface area contributed by atoms with Crippen LogP contribution >= 0.6 is 0 Å². The number of aldehydes is 7. The van der Waals surface area contributed by atoms with Gasteiger partial charge in [-0.2, -0.15) is 0 Å². The second-order valence-corrected chi connectivity index (χ2v) is 23.9. The largest absolute Gasteiger partial charge is 0.303 e. The molecule has 0 aromatic carbocycles. The molecule has 7 heteroatoms. The molecule has 7 nitrogen and oxygen atoms in total. The summed E-state index contributed by atoms with van der Waals surface area (Å²) in [7, 11) is 0. The topological polar surface area (TPSA) is 119 Å². The molecule has 0 saturated carbocycles. The summed E-state index contributed by atoms with van der Waals surface area (Å²) in [6.45, 7) is 17.7. The highest BCUT2D eigenvalue weighted by molar-refractivity contribution is 5.52. The number of unbranched alkanes of at least 4 members (excludes halogenated alkanes) is 52. The molecule has 0 rings (SSSR count). The Bertz CT molecular complexity index is 924. The third-order valence-corrected chi connectivity index (χ3v) is 15.0. The predicted molar refractivity (Wildman–Crippen MR) is 368 cm³/mol. The van der Waals surface area contributed by atoms with Gasteiger partial charge in [-0.3, -0.25) is 0 Å². The highest BCUT2D eigenvalue weighted by Crippen LogP contribution is 2.15. The van der Waals surface area contributed by atoms with E-state index >= 15 is 0 Å². The minimum atomic E-state index is 0.272. The molecule has 0 saturated heterocycles. The molecular weight excluding hydrogens is 1020 g/mol. The maximum atomic E-state index is 10.4. The maximum Gasteiger partial charge on any atom is 0.122 e. The van der Waals surface area contributed by atoms with E-state index in [1.165, 1.54) is 302 Å². The van der Waals surface area contributed by atoms with Crippen LogP contribution in [0, 0.1) is 5.92 Å². The van der Waals surface area contributed by atoms with Crippen LogP contribution in [0.3, 0.4) is 0 Å². The van der Waals surface area contributed by atoms with E-state index in [1.807, 2.05) is 6.92 Å². The van der Waals surface area contributed by atoms with Gasteiger partial charge in [-0.05, 0) is 44.9 Å². The molecule has 1 atom stereocenters. The lowest BCUT2D eigenvalue weighted by Crippen LogP contribution is -1.94. The van der Waals surface area contributed by atoms with E-state index < -0.39 is 0 Å². The zero-order valence-corrected chi connectivity index (χ0v) is 57.9. The third-order valence-electron chi connectivity index (χ3n) is 15.0. The van der Waals surface area contributed by atoms with Crippen molar-refractivity contribution in [2.75, 3.05) is 0 Å². The van der Waals surface area contributed by atoms with E-state index in [4.69, 9.17) is 0 Å². The Labute approximate surface area is 521 Å². The Kier molecular flexibility index (Phi) is 122. The van der Waals surface area contributed by atoms with Crippen LogP contribution in [-0.2, 0) is 33.6 Å². The van der Waals surface area contributed by atoms with Gasteiger partial charge in [0.2, 0.25) is 0 Å². The van der Waals surface area contributed by atoms with Gasteiger partial charge in [-0.25, -0.2) is 0 Å². The molecule has 0 bridgehead atoms. The summed E-state index contributed by atoms with van der Waals surface area (Å²) < 4.78 is 0. The zero-order chi connectivity index (χ0) is 63.0. The highest BCUT2D eigenvalue weighted by Gasteiger charge is 1.99. The first-order valence-corrected chi connectivity index (χ1v) is 36.9. The molecule has 498 valence electrons. The number of hydrogen-bond donors (Lipinski definition) is 0. The fourth-order valence-corrected chi connectivity index (χ4v) is 9.31. The zero-order valence-electron chi connectivity index (χ0n) is 57.9. The van der Waals surface area contributed by atoms with Crippen LogP contribution < -0.4 is 0 Å². The SMILES string of the molecule is CCCCCCCCCC=O.CCCCCCCCCC=O.CCCCCCCCCC=O.CCCCCCCCCC=O.CCCCCCCCCC=O.CCCCCCCCCC=O.CCCCCCCCCCCCCC(C)C=O. The van der Waals surface area contributed by atoms with Gasteiger partial charge in [0, 0.05) is 44.4 Å². The summed E-state index contributed by atoms with van der Waals surface area (Å²) in [5.41, 5.74) is 0. The Balaban J connectivity index is -0.000000164. The Hall–Kier alpha value is -2.31. The van der Waals surface area contributed by atoms with Crippen LogP contribution in [0.2, 0.25) is 0 Å². The molecular formula is C76H152O7. The fourth-order valence-electron chi connectivity index (χ4n) is 9.31. The van der Waals surface area contributed by atoms with Crippen LogP contribution in [0.4, 0.5) is 0 Å². The van der Waals surface area contributed by atoms with Crippen LogP contribution in [0.25, 0.3) is 0 Å². The van der Waals surface area contributed by atoms with Crippen molar-refractivity contribution in [1.29, 1.82) is 0 Å². The van der Waals surface area contributed by atoms with E-state index in [-0.39, 0.29) is 5.92 Å². The first-order chi connectivity index (χ1) is 40.8. The van der Waals surface area contributed by atoms with Crippen molar-refractivity contribution in [1.82, 2.24) is 0 Å². The van der Waals surface area contributed by atoms with Crippen molar-refractivity contribution < 1.29 is 33.6 Å². The molecule has 0 N–H and O–H groups in total. The third kappa shape index (κ3) is 131. The molecule has 0 aliphatic heterocycles. The van der Waals surface area contributed by atoms with Gasteiger partial charge >= 0.3 is 0 Å². The van der Waals surface area contributed by atoms with Crippen molar-refractivity contribution in [3.8, 4) is 0 Å². The fraction of sp³-hybridized carbons (Fsp3) is 0.908. The highest BCUT2D eigenvalue weighted by atomic mass is 16.1. The molecule has 0 spiro atoms. The lowest BCUT2D eigenvalue weighted by Gasteiger charge is -2.04. The van der Waals surface area contributed by atoms with Crippen molar-refractivity contribution in [2.24, 2.45) is 5.92 Å². The average Bonchev–Trinajstić information content (AvgIpc) is 3.50. The summed E-state index contributed by atoms with van der Waals surface area (Å²) >= 11 is 0. The molecule has 0 aromatic heterocycles. The minimum Gasteiger partial charge on any atom is -0.303 e. The molecule has 83 heavy (non-hydrogen) atoms. The van der Waals surface area contributed by atoms with E-state index in [1.54, 1.807) is 0 Å². The minimum absolute atomic E-state index is 0.272. The molecule has 0 heterocycles. The maximum absolute atomic E-state index is 10.4. The molecule has 0 radical (unpaired) electrons. The smallest absolute Gasteiger partial charge is 0.122 e. The Morgan fingerprint density at radius 2 is 0.301 bits per heavy atom. The van der Waals surface area contributed by atoms with Gasteiger partial charge < -0.3 is 33.6 Å². The summed E-state index contributed by atoms with van der Waals surface area (Å²) in [4.78, 5) is 70.1. The van der Waals surface area contributed by atoms with E-state index in [0.29, 0.717) is 0 Å². The van der Waals surface area contributed by atoms with Crippen LogP contribution in [0.5, 0.6) is 0 Å². The predicted octanol–water partition coefficient (Wildman–Crippen LogP) is 25.5. The molecule has 0 amide bonds. The summed E-state index contributed by atoms with van der Waals surface area (Å²) in [5.74, 6) is 0.272. The lowest BCUT2D eigenvalue weighted by molar-refractivity contribution is -0.111. The monoisotopic (exact) mass is 1180 g/mol. The lowest BCUT2D eigenvalue weighted by atomic mass is 10.0. The summed E-state index contributed by atoms with van der Waals surface area (Å²) in [5, 5.41) is 0. The van der Waals surface area contributed by atoms with Crippen LogP contribution in [0.15, 0.2) is 0 Å². The van der Waals surface area contributed by atoms with Gasteiger partial charge in [0.05, 0.1) is 0 Å². The van der Waals surface area contributed by atoms with Crippen molar-refractivity contribution in [3.05, 3.63) is 0 Å². The molecule has 0 aliphatic carbocycles. The van der Waals surface area contributed by atoms with Gasteiger partial charge in [0.1, 0.15) is 44.0 Å². The van der Waals surface area contributed by atoms with Gasteiger partial charge in [-0.1, -0.05) is 357 Å². The molecule has 1 unspecified atom stereocenters. The summed E-state index contributed by atoms with van der Waals surface area (Å²) in [6.07, 6.45) is 82.3. The van der Waals surface area contributed by atoms with Crippen molar-refractivity contribution in [2.45, 2.75) is 441 Å². The van der Waals surface area contributed by atoms with Crippen molar-refractivity contribution >= 4 is 44.0 Å². The first kappa shape index (κ1) is 94.4. The summed E-state index contributed by atoms with van der Waals surface area (Å²) in [6, 6.07) is 0. The molecule has 0 aliphatic rings. The van der Waals surface area contributed by atoms with E-state index in [0.717, 1.165) is 127 Å². The van der Waals surface area contributed by atoms with Crippen LogP contribution in [0.1, 0.15) is 441 Å². The van der Waals surface area contributed by atoms with Crippen LogP contribution in [-0.4, -0.2) is 44.0 Å². The van der Waals surface area contributed by atoms with Gasteiger partial charge in [-0.15, -0.1) is 0 Å². The van der Waals surface area contributed by atoms with E-state index in [2.05, 4.69) is 48.5 Å². The number of carbonyl (C=O) groups is 7. The average molecular weight is 1180 g/mol. The van der Waals surface area contributed by atoms with Gasteiger partial charge in [0.15, 0.2) is 0 Å². The first-order valence-electron chi connectivity index (χ1n) is 36.9. The second kappa shape index (κ2) is 108. The number of hydrogen-bond acceptors (Lipinski definition) is 7. The standard InChI is InChI=1S/C16H32O.6C10H20O/c1-3-4-5-6-7-8-9-10-11-12-13-14-16(2)15-17;6*1-2-3-4-5-6-7-8-9-10-11/h15-16H,3-14H2,1-2H3;6*10H,2-9H2,1H3. The Morgan fingerprint density at radius 3 is 0.422 bits per heavy atom. The number of carbonyl (C=O) groups excluding carboxylic acids is 7. The second-order valence-electron chi connectivity index (χ2n) is 23.9. The molecule has 0 aromatic rings. The normalized spacial score (nSPS) is 10.5. The quantitative estimate of drug-likeness (QED) is 0.0439.